The van der Waals surface area contributed by atoms with Crippen LogP contribution in [0.4, 0.5) is 0 Å². The van der Waals surface area contributed by atoms with E-state index < -0.39 is 0 Å². The molecule has 1 aromatic rings. The predicted molar refractivity (Wildman–Crippen MR) is 75.3 cm³/mol. The van der Waals surface area contributed by atoms with Crippen molar-refractivity contribution in [2.45, 2.75) is 33.1 Å². The average Bonchev–Trinajstić information content (AvgIpc) is 2.85. The van der Waals surface area contributed by atoms with Crippen molar-refractivity contribution in [1.82, 2.24) is 25.4 Å². The van der Waals surface area contributed by atoms with Gasteiger partial charge in [0.2, 0.25) is 11.7 Å². The molecule has 0 radical (unpaired) electrons. The maximum atomic E-state index is 12.2. The Bertz CT molecular complexity index is 489. The predicted octanol–water partition coefficient (Wildman–Crippen LogP) is 0.556. The molecular weight excluding hydrogens is 258 g/mol. The fourth-order valence-electron chi connectivity index (χ4n) is 1.69. The van der Waals surface area contributed by atoms with Crippen LogP contribution >= 0.6 is 0 Å². The number of H-pyrrole nitrogens is 1. The summed E-state index contributed by atoms with van der Waals surface area (Å²) in [5.74, 6) is 0.104. The van der Waals surface area contributed by atoms with Crippen LogP contribution in [0, 0.1) is 5.92 Å². The second-order valence-electron chi connectivity index (χ2n) is 5.96. The molecule has 1 unspecified atom stereocenters. The molecule has 112 valence electrons. The molecule has 1 heterocycles. The fourth-order valence-corrected chi connectivity index (χ4v) is 1.69. The summed E-state index contributed by atoms with van der Waals surface area (Å²) >= 11 is 0. The highest BCUT2D eigenvalue weighted by molar-refractivity contribution is 5.90. The van der Waals surface area contributed by atoms with E-state index in [1.165, 1.54) is 4.90 Å². The van der Waals surface area contributed by atoms with Crippen LogP contribution in [0.15, 0.2) is 0 Å². The van der Waals surface area contributed by atoms with Crippen LogP contribution < -0.4 is 5.32 Å². The van der Waals surface area contributed by atoms with Crippen molar-refractivity contribution in [3.8, 4) is 0 Å². The molecule has 1 aromatic heterocycles. The third kappa shape index (κ3) is 3.79. The lowest BCUT2D eigenvalue weighted by molar-refractivity contribution is -0.124. The summed E-state index contributed by atoms with van der Waals surface area (Å²) in [6.45, 7) is 8.04. The molecule has 0 aliphatic heterocycles. The number of hydrogen-bond donors (Lipinski definition) is 2. The van der Waals surface area contributed by atoms with Gasteiger partial charge in [-0.3, -0.25) is 14.7 Å². The Balaban J connectivity index is 2.75. The molecular formula is C13H23N5O2. The standard InChI is InChI=1S/C13H23N5O2/c1-8(10(19)14-5)7-18(6)11(20)9-15-12(17-16-9)13(2,3)4/h8H,7H2,1-6H3,(H,14,19)(H,15,16,17). The molecule has 0 fully saturated rings. The number of carbonyl (C=O) groups excluding carboxylic acids is 2. The summed E-state index contributed by atoms with van der Waals surface area (Å²) in [5.41, 5.74) is -0.195. The lowest BCUT2D eigenvalue weighted by atomic mass is 9.96. The van der Waals surface area contributed by atoms with Crippen molar-refractivity contribution in [3.05, 3.63) is 11.6 Å². The summed E-state index contributed by atoms with van der Waals surface area (Å²) in [4.78, 5) is 29.3. The van der Waals surface area contributed by atoms with Gasteiger partial charge >= 0.3 is 0 Å². The molecule has 0 bridgehead atoms. The molecule has 0 saturated carbocycles. The van der Waals surface area contributed by atoms with Crippen LogP contribution in [-0.4, -0.2) is 52.5 Å². The van der Waals surface area contributed by atoms with E-state index in [4.69, 9.17) is 0 Å². The topological polar surface area (TPSA) is 91.0 Å². The lowest BCUT2D eigenvalue weighted by Crippen LogP contribution is -2.37. The number of carbonyl (C=O) groups is 2. The number of hydrogen-bond acceptors (Lipinski definition) is 4. The maximum absolute atomic E-state index is 12.2. The number of rotatable bonds is 4. The van der Waals surface area contributed by atoms with E-state index in [1.807, 2.05) is 20.8 Å². The van der Waals surface area contributed by atoms with Crippen molar-refractivity contribution < 1.29 is 9.59 Å². The van der Waals surface area contributed by atoms with Gasteiger partial charge in [0.15, 0.2) is 0 Å². The Morgan fingerprint density at radius 1 is 1.40 bits per heavy atom. The highest BCUT2D eigenvalue weighted by Gasteiger charge is 2.24. The van der Waals surface area contributed by atoms with Gasteiger partial charge in [-0.15, -0.1) is 5.10 Å². The highest BCUT2D eigenvalue weighted by atomic mass is 16.2. The van der Waals surface area contributed by atoms with Crippen LogP contribution in [0.5, 0.6) is 0 Å². The zero-order valence-electron chi connectivity index (χ0n) is 12.9. The monoisotopic (exact) mass is 281 g/mol. The SMILES string of the molecule is CNC(=O)C(C)CN(C)C(=O)c1n[nH]c(C(C)(C)C)n1. The molecule has 0 aliphatic rings. The van der Waals surface area contributed by atoms with Gasteiger partial charge < -0.3 is 10.2 Å². The van der Waals surface area contributed by atoms with E-state index in [0.29, 0.717) is 12.4 Å². The van der Waals surface area contributed by atoms with E-state index in [1.54, 1.807) is 21.0 Å². The van der Waals surface area contributed by atoms with Gasteiger partial charge in [0.05, 0.1) is 5.92 Å². The molecule has 20 heavy (non-hydrogen) atoms. The van der Waals surface area contributed by atoms with E-state index >= 15 is 0 Å². The maximum Gasteiger partial charge on any atom is 0.293 e. The van der Waals surface area contributed by atoms with Gasteiger partial charge in [0.1, 0.15) is 5.82 Å². The fraction of sp³-hybridized carbons (Fsp3) is 0.692. The minimum absolute atomic E-state index is 0.102. The van der Waals surface area contributed by atoms with E-state index in [0.717, 1.165) is 0 Å². The quantitative estimate of drug-likeness (QED) is 0.843. The number of aromatic nitrogens is 3. The van der Waals surface area contributed by atoms with Gasteiger partial charge in [-0.1, -0.05) is 27.7 Å². The Labute approximate surface area is 119 Å². The van der Waals surface area contributed by atoms with Crippen molar-refractivity contribution in [2.24, 2.45) is 5.92 Å². The number of amides is 2. The summed E-state index contributed by atoms with van der Waals surface area (Å²) in [6, 6.07) is 0. The van der Waals surface area contributed by atoms with E-state index in [9.17, 15) is 9.59 Å². The Morgan fingerprint density at radius 3 is 2.45 bits per heavy atom. The Kier molecular flexibility index (Phi) is 4.86. The largest absolute Gasteiger partial charge is 0.359 e. The lowest BCUT2D eigenvalue weighted by Gasteiger charge is -2.19. The van der Waals surface area contributed by atoms with E-state index in [2.05, 4.69) is 20.5 Å². The van der Waals surface area contributed by atoms with Gasteiger partial charge in [0.25, 0.3) is 5.91 Å². The van der Waals surface area contributed by atoms with Crippen LogP contribution in [0.3, 0.4) is 0 Å². The minimum Gasteiger partial charge on any atom is -0.359 e. The Hall–Kier alpha value is -1.92. The second-order valence-corrected chi connectivity index (χ2v) is 5.96. The van der Waals surface area contributed by atoms with Gasteiger partial charge in [-0.05, 0) is 0 Å². The first-order valence-electron chi connectivity index (χ1n) is 6.56. The van der Waals surface area contributed by atoms with Crippen LogP contribution in [-0.2, 0) is 10.2 Å². The third-order valence-corrected chi connectivity index (χ3v) is 2.98. The first-order chi connectivity index (χ1) is 9.16. The van der Waals surface area contributed by atoms with Gasteiger partial charge in [-0.2, -0.15) is 0 Å². The zero-order chi connectivity index (χ0) is 15.5. The normalized spacial score (nSPS) is 12.9. The molecule has 0 spiro atoms. The zero-order valence-corrected chi connectivity index (χ0v) is 12.9. The Morgan fingerprint density at radius 2 is 2.00 bits per heavy atom. The summed E-state index contributed by atoms with van der Waals surface area (Å²) in [7, 11) is 3.21. The first-order valence-corrected chi connectivity index (χ1v) is 6.56. The highest BCUT2D eigenvalue weighted by Crippen LogP contribution is 2.17. The molecule has 2 amide bonds. The molecule has 7 heteroatoms. The summed E-state index contributed by atoms with van der Waals surface area (Å²) in [6.07, 6.45) is 0. The third-order valence-electron chi connectivity index (χ3n) is 2.98. The van der Waals surface area contributed by atoms with Gasteiger partial charge in [0, 0.05) is 26.1 Å². The minimum atomic E-state index is -0.299. The van der Waals surface area contributed by atoms with Crippen molar-refractivity contribution in [3.63, 3.8) is 0 Å². The average molecular weight is 281 g/mol. The molecule has 1 rings (SSSR count). The number of nitrogens with one attached hydrogen (secondary N) is 2. The van der Waals surface area contributed by atoms with Crippen molar-refractivity contribution in [1.29, 1.82) is 0 Å². The van der Waals surface area contributed by atoms with Crippen LogP contribution in [0.1, 0.15) is 44.1 Å². The molecule has 0 aromatic carbocycles. The number of aromatic amines is 1. The van der Waals surface area contributed by atoms with E-state index in [-0.39, 0.29) is 29.0 Å². The first kappa shape index (κ1) is 16.1. The molecule has 0 saturated heterocycles. The van der Waals surface area contributed by atoms with Crippen LogP contribution in [0.25, 0.3) is 0 Å². The van der Waals surface area contributed by atoms with Crippen molar-refractivity contribution >= 4 is 11.8 Å². The molecule has 7 nitrogen and oxygen atoms in total. The summed E-state index contributed by atoms with van der Waals surface area (Å²) < 4.78 is 0. The molecule has 0 aliphatic carbocycles. The second kappa shape index (κ2) is 6.02. The molecule has 2 N–H and O–H groups in total. The molecule has 1 atom stereocenters. The van der Waals surface area contributed by atoms with Gasteiger partial charge in [-0.25, -0.2) is 4.98 Å². The summed E-state index contributed by atoms with van der Waals surface area (Å²) in [5, 5.41) is 9.29. The number of nitrogens with zero attached hydrogens (tertiary/aromatic N) is 3. The smallest absolute Gasteiger partial charge is 0.293 e. The van der Waals surface area contributed by atoms with Crippen molar-refractivity contribution in [2.75, 3.05) is 20.6 Å². The van der Waals surface area contributed by atoms with Crippen LogP contribution in [0.2, 0.25) is 0 Å².